The first-order valence-electron chi connectivity index (χ1n) is 5.89. The molecule has 0 fully saturated rings. The number of carbonyl (C=O) groups is 2. The second kappa shape index (κ2) is 7.23. The number of pyridine rings is 1. The topological polar surface area (TPSA) is 65.5 Å². The molecule has 1 heterocycles. The van der Waals surface area contributed by atoms with E-state index in [0.717, 1.165) is 0 Å². The summed E-state index contributed by atoms with van der Waals surface area (Å²) in [5, 5.41) is 0. The number of carbonyl (C=O) groups excluding carboxylic acids is 2. The number of nitrogens with zero attached hydrogens (tertiary/aromatic N) is 1. The lowest BCUT2D eigenvalue weighted by Crippen LogP contribution is -2.12. The fourth-order valence-corrected chi connectivity index (χ4v) is 2.21. The molecule has 0 radical (unpaired) electrons. The molecule has 1 aromatic heterocycles. The Balaban J connectivity index is 3.01. The van der Waals surface area contributed by atoms with Crippen molar-refractivity contribution >= 4 is 27.9 Å². The highest BCUT2D eigenvalue weighted by Crippen LogP contribution is 2.24. The van der Waals surface area contributed by atoms with Gasteiger partial charge in [0.25, 0.3) is 0 Å². The summed E-state index contributed by atoms with van der Waals surface area (Å²) in [6.07, 6.45) is 2.22. The fourth-order valence-electron chi connectivity index (χ4n) is 1.71. The maximum Gasteiger partial charge on any atom is 0.340 e. The van der Waals surface area contributed by atoms with Gasteiger partial charge in [0.1, 0.15) is 0 Å². The van der Waals surface area contributed by atoms with Crippen molar-refractivity contribution in [2.75, 3.05) is 13.7 Å². The van der Waals surface area contributed by atoms with Gasteiger partial charge in [-0.3, -0.25) is 9.78 Å². The second-order valence-electron chi connectivity index (χ2n) is 3.84. The third-order valence-corrected chi connectivity index (χ3v) is 3.28. The predicted octanol–water partition coefficient (Wildman–Crippen LogP) is 2.43. The van der Waals surface area contributed by atoms with E-state index in [-0.39, 0.29) is 12.4 Å². The van der Waals surface area contributed by atoms with Crippen molar-refractivity contribution < 1.29 is 19.1 Å². The van der Waals surface area contributed by atoms with Crippen LogP contribution in [-0.4, -0.2) is 30.6 Å². The molecule has 0 aromatic carbocycles. The number of rotatable bonds is 5. The highest BCUT2D eigenvalue weighted by atomic mass is 79.9. The summed E-state index contributed by atoms with van der Waals surface area (Å²) in [5.41, 5.74) is 1.70. The molecule has 6 heteroatoms. The van der Waals surface area contributed by atoms with Crippen molar-refractivity contribution in [3.8, 4) is 0 Å². The molecule has 0 unspecified atom stereocenters. The maximum absolute atomic E-state index is 11.8. The number of esters is 2. The Morgan fingerprint density at radius 1 is 1.42 bits per heavy atom. The maximum atomic E-state index is 11.8. The van der Waals surface area contributed by atoms with Gasteiger partial charge in [0.05, 0.1) is 25.0 Å². The first-order valence-corrected chi connectivity index (χ1v) is 6.68. The molecule has 1 rings (SSSR count). The minimum atomic E-state index is -0.454. The Labute approximate surface area is 120 Å². The monoisotopic (exact) mass is 329 g/mol. The van der Waals surface area contributed by atoms with Crippen molar-refractivity contribution in [1.29, 1.82) is 0 Å². The first kappa shape index (κ1) is 15.6. The van der Waals surface area contributed by atoms with Crippen molar-refractivity contribution in [1.82, 2.24) is 4.98 Å². The molecule has 0 aliphatic carbocycles. The van der Waals surface area contributed by atoms with Gasteiger partial charge < -0.3 is 9.47 Å². The van der Waals surface area contributed by atoms with Crippen molar-refractivity contribution in [3.05, 3.63) is 27.5 Å². The van der Waals surface area contributed by atoms with Crippen LogP contribution in [0.1, 0.15) is 35.0 Å². The van der Waals surface area contributed by atoms with Crippen LogP contribution in [0.4, 0.5) is 0 Å². The lowest BCUT2D eigenvalue weighted by atomic mass is 10.0. The highest BCUT2D eigenvalue weighted by molar-refractivity contribution is 9.10. The molecule has 19 heavy (non-hydrogen) atoms. The first-order chi connectivity index (χ1) is 9.01. The standard InChI is InChI=1S/C13H16BrNO4/c1-4-19-11(16)6-5-9-10(14)7-15-8(2)12(9)13(17)18-3/h7H,4-6H2,1-3H3. The van der Waals surface area contributed by atoms with Crippen LogP contribution >= 0.6 is 15.9 Å². The van der Waals surface area contributed by atoms with Crippen molar-refractivity contribution in [3.63, 3.8) is 0 Å². The van der Waals surface area contributed by atoms with E-state index in [1.54, 1.807) is 20.0 Å². The van der Waals surface area contributed by atoms with E-state index in [1.165, 1.54) is 7.11 Å². The molecule has 0 N–H and O–H groups in total. The van der Waals surface area contributed by atoms with Gasteiger partial charge in [-0.15, -0.1) is 0 Å². The van der Waals surface area contributed by atoms with Crippen LogP contribution in [0, 0.1) is 6.92 Å². The summed E-state index contributed by atoms with van der Waals surface area (Å²) in [4.78, 5) is 27.3. The fraction of sp³-hybridized carbons (Fsp3) is 0.462. The molecule has 0 saturated heterocycles. The number of halogens is 1. The van der Waals surface area contributed by atoms with Gasteiger partial charge >= 0.3 is 11.9 Å². The molecule has 0 aliphatic heterocycles. The van der Waals surface area contributed by atoms with Gasteiger partial charge in [0, 0.05) is 17.1 Å². The molecule has 5 nitrogen and oxygen atoms in total. The SMILES string of the molecule is CCOC(=O)CCc1c(Br)cnc(C)c1C(=O)OC. The molecule has 1 aromatic rings. The molecule has 0 bridgehead atoms. The van der Waals surface area contributed by atoms with E-state index >= 15 is 0 Å². The molecule has 104 valence electrons. The van der Waals surface area contributed by atoms with Crippen molar-refractivity contribution in [2.45, 2.75) is 26.7 Å². The third kappa shape index (κ3) is 4.02. The summed E-state index contributed by atoms with van der Waals surface area (Å²) in [5.74, 6) is -0.746. The van der Waals surface area contributed by atoms with E-state index in [9.17, 15) is 9.59 Å². The third-order valence-electron chi connectivity index (χ3n) is 2.60. The van der Waals surface area contributed by atoms with Crippen molar-refractivity contribution in [2.24, 2.45) is 0 Å². The lowest BCUT2D eigenvalue weighted by molar-refractivity contribution is -0.143. The summed E-state index contributed by atoms with van der Waals surface area (Å²) in [6, 6.07) is 0. The smallest absolute Gasteiger partial charge is 0.340 e. The van der Waals surface area contributed by atoms with Crippen LogP contribution in [0.5, 0.6) is 0 Å². The quantitative estimate of drug-likeness (QED) is 0.776. The second-order valence-corrected chi connectivity index (χ2v) is 4.70. The van der Waals surface area contributed by atoms with Gasteiger partial charge in [-0.25, -0.2) is 4.79 Å². The molecule has 0 amide bonds. The summed E-state index contributed by atoms with van der Waals surface area (Å²) in [7, 11) is 1.32. The molecule has 0 saturated carbocycles. The minimum absolute atomic E-state index is 0.208. The molecule has 0 spiro atoms. The van der Waals surface area contributed by atoms with Gasteiger partial charge in [0.15, 0.2) is 0 Å². The minimum Gasteiger partial charge on any atom is -0.466 e. The molecule has 0 atom stereocenters. The summed E-state index contributed by atoms with van der Waals surface area (Å²) in [6.45, 7) is 3.83. The number of hydrogen-bond donors (Lipinski definition) is 0. The number of aryl methyl sites for hydroxylation is 1. The summed E-state index contributed by atoms with van der Waals surface area (Å²) < 4.78 is 10.3. The van der Waals surface area contributed by atoms with Gasteiger partial charge in [-0.1, -0.05) is 0 Å². The average Bonchev–Trinajstić information content (AvgIpc) is 2.39. The average molecular weight is 330 g/mol. The van der Waals surface area contributed by atoms with Crippen LogP contribution in [-0.2, 0) is 20.7 Å². The molecular formula is C13H16BrNO4. The van der Waals surface area contributed by atoms with Gasteiger partial charge in [-0.2, -0.15) is 0 Å². The largest absolute Gasteiger partial charge is 0.466 e. The number of methoxy groups -OCH3 is 1. The van der Waals surface area contributed by atoms with Crippen LogP contribution in [0.25, 0.3) is 0 Å². The number of ether oxygens (including phenoxy) is 2. The molecule has 0 aliphatic rings. The van der Waals surface area contributed by atoms with E-state index in [2.05, 4.69) is 20.9 Å². The highest BCUT2D eigenvalue weighted by Gasteiger charge is 2.19. The van der Waals surface area contributed by atoms with Crippen LogP contribution in [0.15, 0.2) is 10.7 Å². The van der Waals surface area contributed by atoms with E-state index < -0.39 is 5.97 Å². The zero-order valence-electron chi connectivity index (χ0n) is 11.2. The predicted molar refractivity (Wildman–Crippen MR) is 73.0 cm³/mol. The van der Waals surface area contributed by atoms with E-state index in [4.69, 9.17) is 9.47 Å². The normalized spacial score (nSPS) is 10.1. The lowest BCUT2D eigenvalue weighted by Gasteiger charge is -2.12. The van der Waals surface area contributed by atoms with Crippen LogP contribution < -0.4 is 0 Å². The summed E-state index contributed by atoms with van der Waals surface area (Å²) >= 11 is 3.35. The molecular weight excluding hydrogens is 314 g/mol. The Bertz CT molecular complexity index is 488. The van der Waals surface area contributed by atoms with Crippen LogP contribution in [0.2, 0.25) is 0 Å². The zero-order chi connectivity index (χ0) is 14.4. The Morgan fingerprint density at radius 2 is 2.11 bits per heavy atom. The van der Waals surface area contributed by atoms with Gasteiger partial charge in [0.2, 0.25) is 0 Å². The Kier molecular flexibility index (Phi) is 5.95. The Morgan fingerprint density at radius 3 is 2.68 bits per heavy atom. The number of aromatic nitrogens is 1. The van der Waals surface area contributed by atoms with Crippen LogP contribution in [0.3, 0.4) is 0 Å². The van der Waals surface area contributed by atoms with Gasteiger partial charge in [-0.05, 0) is 41.8 Å². The number of hydrogen-bond acceptors (Lipinski definition) is 5. The zero-order valence-corrected chi connectivity index (χ0v) is 12.7. The van der Waals surface area contributed by atoms with E-state index in [0.29, 0.717) is 34.3 Å². The Hall–Kier alpha value is -1.43. The van der Waals surface area contributed by atoms with E-state index in [1.807, 2.05) is 0 Å².